The molecule has 0 bridgehead atoms. The van der Waals surface area contributed by atoms with Crippen molar-refractivity contribution in [2.24, 2.45) is 5.92 Å². The molecule has 1 unspecified atom stereocenters. The minimum Gasteiger partial charge on any atom is -0.466 e. The molecule has 1 aliphatic rings. The van der Waals surface area contributed by atoms with Crippen LogP contribution < -0.4 is 10.5 Å². The number of fused-ring (bicyclic) bond motifs is 1. The molecule has 0 saturated carbocycles. The average Bonchev–Trinajstić information content (AvgIpc) is 2.79. The number of rotatable bonds is 6. The van der Waals surface area contributed by atoms with Crippen molar-refractivity contribution in [3.8, 4) is 6.07 Å². The molecule has 0 aliphatic carbocycles. The zero-order valence-corrected chi connectivity index (χ0v) is 18.5. The second-order valence-corrected chi connectivity index (χ2v) is 7.47. The Morgan fingerprint density at radius 1 is 1.31 bits per heavy atom. The van der Waals surface area contributed by atoms with Crippen LogP contribution in [0.3, 0.4) is 0 Å². The van der Waals surface area contributed by atoms with Crippen LogP contribution in [0.25, 0.3) is 11.7 Å². The lowest BCUT2D eigenvalue weighted by molar-refractivity contribution is -0.148. The number of pyridine rings is 1. The summed E-state index contributed by atoms with van der Waals surface area (Å²) in [6.07, 6.45) is 4.21. The van der Waals surface area contributed by atoms with Gasteiger partial charge in [0.15, 0.2) is 0 Å². The third-order valence-corrected chi connectivity index (χ3v) is 5.31. The number of hydrogen-bond acceptors (Lipinski definition) is 8. The number of nitriles is 1. The van der Waals surface area contributed by atoms with Gasteiger partial charge in [-0.3, -0.25) is 14.0 Å². The lowest BCUT2D eigenvalue weighted by Gasteiger charge is -2.33. The fourth-order valence-corrected chi connectivity index (χ4v) is 3.78. The van der Waals surface area contributed by atoms with Crippen molar-refractivity contribution >= 4 is 29.5 Å². The highest BCUT2D eigenvalue weighted by Gasteiger charge is 2.30. The normalized spacial score (nSPS) is 16.5. The van der Waals surface area contributed by atoms with Crippen LogP contribution in [-0.4, -0.2) is 47.6 Å². The summed E-state index contributed by atoms with van der Waals surface area (Å²) >= 11 is 0. The molecule has 1 saturated heterocycles. The molecule has 9 nitrogen and oxygen atoms in total. The van der Waals surface area contributed by atoms with Gasteiger partial charge in [0, 0.05) is 19.3 Å². The number of anilines is 1. The summed E-state index contributed by atoms with van der Waals surface area (Å²) in [4.78, 5) is 44.5. The van der Waals surface area contributed by atoms with Gasteiger partial charge in [0.1, 0.15) is 23.1 Å². The van der Waals surface area contributed by atoms with Crippen LogP contribution in [0.5, 0.6) is 0 Å². The Labute approximate surface area is 185 Å². The van der Waals surface area contributed by atoms with Crippen molar-refractivity contribution in [2.45, 2.75) is 33.6 Å². The first kappa shape index (κ1) is 23.0. The molecule has 1 fully saturated rings. The Morgan fingerprint density at radius 2 is 2.06 bits per heavy atom. The number of nitrogens with zero attached hydrogens (tertiary/aromatic N) is 4. The van der Waals surface area contributed by atoms with E-state index in [9.17, 15) is 19.6 Å². The number of piperidine rings is 1. The largest absolute Gasteiger partial charge is 0.466 e. The molecular weight excluding hydrogens is 412 g/mol. The standard InChI is InChI=1S/C23H26N4O5/c1-4-31-22(29)16-9-7-10-26(14-16)20-18(12-17(13-24)23(30)32-5-2)21(28)27-11-6-8-15(3)19(27)25-20/h6,8,11-12,16H,4-5,7,9-10,14H2,1-3H3/b17-12+. The number of hydrogen-bond donors (Lipinski definition) is 0. The summed E-state index contributed by atoms with van der Waals surface area (Å²) in [5.74, 6) is -1.11. The SMILES string of the molecule is CCOC(=O)/C(C#N)=C/c1c(N2CCCC(C(=O)OCC)C2)nc2c(C)cccn2c1=O. The molecular formula is C23H26N4O5. The molecule has 2 aromatic rings. The van der Waals surface area contributed by atoms with E-state index in [1.54, 1.807) is 26.1 Å². The van der Waals surface area contributed by atoms with Gasteiger partial charge in [0.2, 0.25) is 0 Å². The van der Waals surface area contributed by atoms with Crippen molar-refractivity contribution in [3.05, 3.63) is 45.4 Å². The van der Waals surface area contributed by atoms with Gasteiger partial charge in [-0.05, 0) is 51.3 Å². The zero-order valence-electron chi connectivity index (χ0n) is 18.5. The molecule has 0 amide bonds. The number of esters is 2. The maximum absolute atomic E-state index is 13.4. The monoisotopic (exact) mass is 438 g/mol. The predicted molar refractivity (Wildman–Crippen MR) is 118 cm³/mol. The molecule has 3 rings (SSSR count). The third kappa shape index (κ3) is 4.64. The summed E-state index contributed by atoms with van der Waals surface area (Å²) in [7, 11) is 0. The van der Waals surface area contributed by atoms with Crippen LogP contribution in [0.2, 0.25) is 0 Å². The highest BCUT2D eigenvalue weighted by atomic mass is 16.5. The van der Waals surface area contributed by atoms with Gasteiger partial charge in [-0.15, -0.1) is 0 Å². The maximum atomic E-state index is 13.4. The molecule has 1 atom stereocenters. The summed E-state index contributed by atoms with van der Waals surface area (Å²) in [5, 5.41) is 9.48. The Morgan fingerprint density at radius 3 is 2.75 bits per heavy atom. The third-order valence-electron chi connectivity index (χ3n) is 5.31. The highest BCUT2D eigenvalue weighted by molar-refractivity contribution is 5.98. The number of aryl methyl sites for hydroxylation is 1. The Hall–Kier alpha value is -3.67. The topological polar surface area (TPSA) is 114 Å². The highest BCUT2D eigenvalue weighted by Crippen LogP contribution is 2.26. The molecule has 0 spiro atoms. The van der Waals surface area contributed by atoms with Crippen LogP contribution in [0.15, 0.2) is 28.7 Å². The fourth-order valence-electron chi connectivity index (χ4n) is 3.78. The molecule has 3 heterocycles. The second-order valence-electron chi connectivity index (χ2n) is 7.47. The van der Waals surface area contributed by atoms with Gasteiger partial charge in [0.05, 0.1) is 24.7 Å². The van der Waals surface area contributed by atoms with Crippen LogP contribution in [-0.2, 0) is 19.1 Å². The Bertz CT molecular complexity index is 1160. The molecule has 9 heteroatoms. The fraction of sp³-hybridized carbons (Fsp3) is 0.435. The van der Waals surface area contributed by atoms with Gasteiger partial charge in [-0.25, -0.2) is 9.78 Å². The van der Waals surface area contributed by atoms with Crippen LogP contribution in [0.4, 0.5) is 5.82 Å². The summed E-state index contributed by atoms with van der Waals surface area (Å²) in [6, 6.07) is 5.39. The van der Waals surface area contributed by atoms with E-state index in [1.807, 2.05) is 24.0 Å². The molecule has 32 heavy (non-hydrogen) atoms. The van der Waals surface area contributed by atoms with E-state index in [4.69, 9.17) is 14.5 Å². The summed E-state index contributed by atoms with van der Waals surface area (Å²) in [5.41, 5.74) is 0.661. The molecule has 1 aliphatic heterocycles. The van der Waals surface area contributed by atoms with Gasteiger partial charge in [-0.2, -0.15) is 5.26 Å². The van der Waals surface area contributed by atoms with Crippen molar-refractivity contribution in [3.63, 3.8) is 0 Å². The van der Waals surface area contributed by atoms with Crippen molar-refractivity contribution in [1.29, 1.82) is 5.26 Å². The zero-order chi connectivity index (χ0) is 23.3. The van der Waals surface area contributed by atoms with Gasteiger partial charge < -0.3 is 14.4 Å². The van der Waals surface area contributed by atoms with E-state index in [1.165, 1.54) is 10.5 Å². The molecule has 0 radical (unpaired) electrons. The first-order chi connectivity index (χ1) is 15.4. The van der Waals surface area contributed by atoms with E-state index in [0.29, 0.717) is 44.0 Å². The summed E-state index contributed by atoms with van der Waals surface area (Å²) < 4.78 is 11.5. The van der Waals surface area contributed by atoms with Gasteiger partial charge >= 0.3 is 11.9 Å². The lowest BCUT2D eigenvalue weighted by atomic mass is 9.97. The minimum atomic E-state index is -0.808. The molecule has 168 valence electrons. The van der Waals surface area contributed by atoms with E-state index >= 15 is 0 Å². The average molecular weight is 438 g/mol. The van der Waals surface area contributed by atoms with Crippen molar-refractivity contribution < 1.29 is 19.1 Å². The molecule has 2 aromatic heterocycles. The van der Waals surface area contributed by atoms with E-state index in [0.717, 1.165) is 5.56 Å². The van der Waals surface area contributed by atoms with Crippen LogP contribution >= 0.6 is 0 Å². The Balaban J connectivity index is 2.18. The van der Waals surface area contributed by atoms with E-state index in [2.05, 4.69) is 0 Å². The molecule has 0 aromatic carbocycles. The first-order valence-corrected chi connectivity index (χ1v) is 10.6. The maximum Gasteiger partial charge on any atom is 0.348 e. The van der Waals surface area contributed by atoms with Gasteiger partial charge in [-0.1, -0.05) is 6.07 Å². The van der Waals surface area contributed by atoms with E-state index < -0.39 is 11.5 Å². The van der Waals surface area contributed by atoms with Crippen LogP contribution in [0, 0.1) is 24.2 Å². The number of carbonyl (C=O) groups excluding carboxylic acids is 2. The first-order valence-electron chi connectivity index (χ1n) is 10.6. The minimum absolute atomic E-state index is 0.0993. The van der Waals surface area contributed by atoms with Gasteiger partial charge in [0.25, 0.3) is 5.56 Å². The second kappa shape index (κ2) is 10.1. The van der Waals surface area contributed by atoms with Crippen molar-refractivity contribution in [1.82, 2.24) is 9.38 Å². The quantitative estimate of drug-likeness (QED) is 0.383. The number of aromatic nitrogens is 2. The number of carbonyl (C=O) groups is 2. The Kier molecular flexibility index (Phi) is 7.25. The predicted octanol–water partition coefficient (Wildman–Crippen LogP) is 2.25. The van der Waals surface area contributed by atoms with Crippen molar-refractivity contribution in [2.75, 3.05) is 31.2 Å². The lowest BCUT2D eigenvalue weighted by Crippen LogP contribution is -2.41. The molecule has 0 N–H and O–H groups in total. The smallest absolute Gasteiger partial charge is 0.348 e. The van der Waals surface area contributed by atoms with E-state index in [-0.39, 0.29) is 29.6 Å². The van der Waals surface area contributed by atoms with Crippen LogP contribution in [0.1, 0.15) is 37.8 Å². The number of ether oxygens (including phenoxy) is 2. The summed E-state index contributed by atoms with van der Waals surface area (Å²) in [6.45, 7) is 6.54.